The summed E-state index contributed by atoms with van der Waals surface area (Å²) < 4.78 is 13.0. The fourth-order valence-electron chi connectivity index (χ4n) is 2.78. The van der Waals surface area contributed by atoms with E-state index in [4.69, 9.17) is 0 Å². The number of hydrogen-bond donors (Lipinski definition) is 0. The number of carbonyl (C=O) groups is 2. The standard InChI is InChI=1S/C17H16FNO2S/c18-14-7-5-12(6-8-14)16(20)13-3-1-9-19(11-13)17(21)15-4-2-10-22-15/h2,4-8,10,13H,1,3,9,11H2/t13-/m0/s1. The molecule has 0 bridgehead atoms. The van der Waals surface area contributed by atoms with Gasteiger partial charge in [0.05, 0.1) is 4.88 Å². The molecule has 0 spiro atoms. The Morgan fingerprint density at radius 2 is 1.95 bits per heavy atom. The van der Waals surface area contributed by atoms with Gasteiger partial charge in [0.1, 0.15) is 5.82 Å². The Hall–Kier alpha value is -2.01. The molecule has 1 saturated heterocycles. The fourth-order valence-corrected chi connectivity index (χ4v) is 3.47. The van der Waals surface area contributed by atoms with Crippen molar-refractivity contribution >= 4 is 23.0 Å². The van der Waals surface area contributed by atoms with E-state index in [9.17, 15) is 14.0 Å². The molecule has 1 aromatic heterocycles. The van der Waals surface area contributed by atoms with Gasteiger partial charge in [-0.1, -0.05) is 6.07 Å². The zero-order chi connectivity index (χ0) is 15.5. The Balaban J connectivity index is 1.71. The molecule has 1 fully saturated rings. The van der Waals surface area contributed by atoms with Crippen LogP contribution in [0.25, 0.3) is 0 Å². The first-order valence-corrected chi connectivity index (χ1v) is 8.15. The average molecular weight is 317 g/mol. The van der Waals surface area contributed by atoms with Gasteiger partial charge in [0.25, 0.3) is 5.91 Å². The van der Waals surface area contributed by atoms with Gasteiger partial charge in [-0.3, -0.25) is 9.59 Å². The SMILES string of the molecule is O=C(c1ccc(F)cc1)[C@H]1CCCN(C(=O)c2cccs2)C1. The van der Waals surface area contributed by atoms with E-state index < -0.39 is 0 Å². The van der Waals surface area contributed by atoms with E-state index in [1.807, 2.05) is 11.4 Å². The molecule has 2 aromatic rings. The smallest absolute Gasteiger partial charge is 0.263 e. The fraction of sp³-hybridized carbons (Fsp3) is 0.294. The van der Waals surface area contributed by atoms with Crippen molar-refractivity contribution in [3.8, 4) is 0 Å². The molecule has 22 heavy (non-hydrogen) atoms. The van der Waals surface area contributed by atoms with Crippen LogP contribution in [0.5, 0.6) is 0 Å². The van der Waals surface area contributed by atoms with Crippen molar-refractivity contribution < 1.29 is 14.0 Å². The second-order valence-corrected chi connectivity index (χ2v) is 6.39. The second-order valence-electron chi connectivity index (χ2n) is 5.44. The largest absolute Gasteiger partial charge is 0.337 e. The molecule has 3 rings (SSSR count). The van der Waals surface area contributed by atoms with Gasteiger partial charge >= 0.3 is 0 Å². The third kappa shape index (κ3) is 3.09. The first-order chi connectivity index (χ1) is 10.6. The van der Waals surface area contributed by atoms with Crippen LogP contribution in [0.2, 0.25) is 0 Å². The van der Waals surface area contributed by atoms with E-state index in [-0.39, 0.29) is 23.4 Å². The number of thiophene rings is 1. The number of Topliss-reactive ketones (excluding diaryl/α,β-unsaturated/α-hetero) is 1. The summed E-state index contributed by atoms with van der Waals surface area (Å²) in [6, 6.07) is 9.27. The Morgan fingerprint density at radius 1 is 1.18 bits per heavy atom. The molecule has 2 heterocycles. The van der Waals surface area contributed by atoms with Crippen LogP contribution in [-0.4, -0.2) is 29.7 Å². The highest BCUT2D eigenvalue weighted by molar-refractivity contribution is 7.12. The van der Waals surface area contributed by atoms with Crippen LogP contribution < -0.4 is 0 Å². The van der Waals surface area contributed by atoms with Crippen LogP contribution >= 0.6 is 11.3 Å². The zero-order valence-electron chi connectivity index (χ0n) is 12.0. The molecule has 1 atom stereocenters. The van der Waals surface area contributed by atoms with Gasteiger partial charge in [0, 0.05) is 24.6 Å². The summed E-state index contributed by atoms with van der Waals surface area (Å²) in [5.41, 5.74) is 0.511. The zero-order valence-corrected chi connectivity index (χ0v) is 12.8. The van der Waals surface area contributed by atoms with Crippen LogP contribution in [0, 0.1) is 11.7 Å². The summed E-state index contributed by atoms with van der Waals surface area (Å²) in [7, 11) is 0. The number of halogens is 1. The van der Waals surface area contributed by atoms with E-state index in [1.54, 1.807) is 11.0 Å². The van der Waals surface area contributed by atoms with Crippen LogP contribution in [-0.2, 0) is 0 Å². The maximum Gasteiger partial charge on any atom is 0.263 e. The maximum atomic E-state index is 13.0. The summed E-state index contributed by atoms with van der Waals surface area (Å²) in [6.45, 7) is 1.12. The van der Waals surface area contributed by atoms with E-state index in [2.05, 4.69) is 0 Å². The van der Waals surface area contributed by atoms with Gasteiger partial charge in [0.2, 0.25) is 0 Å². The Morgan fingerprint density at radius 3 is 2.64 bits per heavy atom. The third-order valence-electron chi connectivity index (χ3n) is 3.94. The summed E-state index contributed by atoms with van der Waals surface area (Å²) in [5, 5.41) is 1.87. The number of amides is 1. The summed E-state index contributed by atoms with van der Waals surface area (Å²) >= 11 is 1.41. The molecule has 0 unspecified atom stereocenters. The van der Waals surface area contributed by atoms with Crippen molar-refractivity contribution in [3.05, 3.63) is 58.0 Å². The molecule has 1 amide bonds. The number of likely N-dealkylation sites (tertiary alicyclic amines) is 1. The third-order valence-corrected chi connectivity index (χ3v) is 4.80. The van der Waals surface area contributed by atoms with Crippen LogP contribution in [0.1, 0.15) is 32.9 Å². The molecule has 1 aromatic carbocycles. The molecule has 5 heteroatoms. The minimum Gasteiger partial charge on any atom is -0.337 e. The highest BCUT2D eigenvalue weighted by atomic mass is 32.1. The minimum absolute atomic E-state index is 0.00777. The molecule has 0 radical (unpaired) electrons. The van der Waals surface area contributed by atoms with Crippen molar-refractivity contribution in [3.63, 3.8) is 0 Å². The Labute approximate surface area is 132 Å². The molecule has 0 aliphatic carbocycles. The van der Waals surface area contributed by atoms with Gasteiger partial charge in [-0.05, 0) is 48.6 Å². The molecule has 114 valence electrons. The summed E-state index contributed by atoms with van der Waals surface area (Å²) in [4.78, 5) is 27.3. The summed E-state index contributed by atoms with van der Waals surface area (Å²) in [6.07, 6.45) is 1.58. The lowest BCUT2D eigenvalue weighted by molar-refractivity contribution is 0.0641. The Bertz CT molecular complexity index is 666. The van der Waals surface area contributed by atoms with Crippen molar-refractivity contribution in [1.29, 1.82) is 0 Å². The average Bonchev–Trinajstić information content (AvgIpc) is 3.09. The number of piperidine rings is 1. The van der Waals surface area contributed by atoms with E-state index in [0.29, 0.717) is 23.5 Å². The first-order valence-electron chi connectivity index (χ1n) is 7.27. The normalized spacial score (nSPS) is 18.2. The van der Waals surface area contributed by atoms with Crippen molar-refractivity contribution in [2.75, 3.05) is 13.1 Å². The van der Waals surface area contributed by atoms with Crippen molar-refractivity contribution in [2.24, 2.45) is 5.92 Å². The molecular formula is C17H16FNO2S. The highest BCUT2D eigenvalue weighted by Gasteiger charge is 2.29. The number of ketones is 1. The van der Waals surface area contributed by atoms with Crippen LogP contribution in [0.4, 0.5) is 4.39 Å². The predicted molar refractivity (Wildman–Crippen MR) is 83.7 cm³/mol. The monoisotopic (exact) mass is 317 g/mol. The van der Waals surface area contributed by atoms with Gasteiger partial charge in [0.15, 0.2) is 5.78 Å². The molecule has 0 N–H and O–H groups in total. The lowest BCUT2D eigenvalue weighted by Crippen LogP contribution is -2.42. The van der Waals surface area contributed by atoms with Gasteiger partial charge in [-0.15, -0.1) is 11.3 Å². The number of carbonyl (C=O) groups excluding carboxylic acids is 2. The number of nitrogens with zero attached hydrogens (tertiary/aromatic N) is 1. The summed E-state index contributed by atoms with van der Waals surface area (Å²) in [5.74, 6) is -0.576. The van der Waals surface area contributed by atoms with Crippen LogP contribution in [0.15, 0.2) is 41.8 Å². The molecule has 1 aliphatic heterocycles. The second kappa shape index (κ2) is 6.40. The molecule has 3 nitrogen and oxygen atoms in total. The van der Waals surface area contributed by atoms with Crippen molar-refractivity contribution in [1.82, 2.24) is 4.90 Å². The van der Waals surface area contributed by atoms with Gasteiger partial charge in [-0.2, -0.15) is 0 Å². The topological polar surface area (TPSA) is 37.4 Å². The first kappa shape index (κ1) is 14.9. The number of benzene rings is 1. The number of rotatable bonds is 3. The predicted octanol–water partition coefficient (Wildman–Crippen LogP) is 3.62. The lowest BCUT2D eigenvalue weighted by atomic mass is 9.90. The molecule has 0 saturated carbocycles. The molecule has 1 aliphatic rings. The highest BCUT2D eigenvalue weighted by Crippen LogP contribution is 2.23. The van der Waals surface area contributed by atoms with Gasteiger partial charge < -0.3 is 4.90 Å². The van der Waals surface area contributed by atoms with Crippen molar-refractivity contribution in [2.45, 2.75) is 12.8 Å². The van der Waals surface area contributed by atoms with E-state index >= 15 is 0 Å². The van der Waals surface area contributed by atoms with Crippen LogP contribution in [0.3, 0.4) is 0 Å². The quantitative estimate of drug-likeness (QED) is 0.811. The van der Waals surface area contributed by atoms with Gasteiger partial charge in [-0.25, -0.2) is 4.39 Å². The maximum absolute atomic E-state index is 13.0. The lowest BCUT2D eigenvalue weighted by Gasteiger charge is -2.31. The Kier molecular flexibility index (Phi) is 4.34. The molecular weight excluding hydrogens is 301 g/mol. The van der Waals surface area contributed by atoms with E-state index in [0.717, 1.165) is 12.8 Å². The number of hydrogen-bond acceptors (Lipinski definition) is 3. The minimum atomic E-state index is -0.352. The van der Waals surface area contributed by atoms with E-state index in [1.165, 1.54) is 35.6 Å².